The molecule has 2 unspecified atom stereocenters. The van der Waals surface area contributed by atoms with Crippen molar-refractivity contribution in [3.05, 3.63) is 32.3 Å². The summed E-state index contributed by atoms with van der Waals surface area (Å²) >= 11 is 11.7. The van der Waals surface area contributed by atoms with E-state index in [1.807, 2.05) is 0 Å². The highest BCUT2D eigenvalue weighted by Crippen LogP contribution is 2.35. The van der Waals surface area contributed by atoms with E-state index in [1.165, 1.54) is 31.4 Å². The quantitative estimate of drug-likeness (QED) is 0.645. The van der Waals surface area contributed by atoms with Crippen molar-refractivity contribution in [2.45, 2.75) is 26.2 Å². The van der Waals surface area contributed by atoms with Crippen molar-refractivity contribution in [3.63, 3.8) is 0 Å². The van der Waals surface area contributed by atoms with Gasteiger partial charge in [0, 0.05) is 12.6 Å². The van der Waals surface area contributed by atoms with Gasteiger partial charge in [0.25, 0.3) is 5.69 Å². The van der Waals surface area contributed by atoms with Gasteiger partial charge in [-0.1, -0.05) is 36.5 Å². The molecule has 4 nitrogen and oxygen atoms in total. The van der Waals surface area contributed by atoms with Crippen LogP contribution in [-0.4, -0.2) is 11.5 Å². The molecule has 0 heterocycles. The highest BCUT2D eigenvalue weighted by Gasteiger charge is 2.23. The van der Waals surface area contributed by atoms with Gasteiger partial charge in [0.2, 0.25) is 0 Å². The Bertz CT molecular complexity index is 494. The fourth-order valence-corrected chi connectivity index (χ4v) is 2.92. The molecule has 0 bridgehead atoms. The Labute approximate surface area is 122 Å². The minimum Gasteiger partial charge on any atom is -0.379 e. The topological polar surface area (TPSA) is 55.2 Å². The van der Waals surface area contributed by atoms with Crippen molar-refractivity contribution in [3.8, 4) is 0 Å². The zero-order chi connectivity index (χ0) is 14.0. The molecule has 104 valence electrons. The van der Waals surface area contributed by atoms with Crippen LogP contribution in [0.3, 0.4) is 0 Å². The van der Waals surface area contributed by atoms with Crippen LogP contribution in [0, 0.1) is 22.0 Å². The smallest absolute Gasteiger partial charge is 0.293 e. The Hall–Kier alpha value is -1.00. The highest BCUT2D eigenvalue weighted by atomic mass is 35.5. The molecular formula is C13H16Cl2N2O2. The highest BCUT2D eigenvalue weighted by molar-refractivity contribution is 6.42. The van der Waals surface area contributed by atoms with Crippen molar-refractivity contribution >= 4 is 34.6 Å². The maximum absolute atomic E-state index is 11.0. The lowest BCUT2D eigenvalue weighted by Crippen LogP contribution is -2.12. The molecule has 0 amide bonds. The molecule has 1 fully saturated rings. The molecule has 19 heavy (non-hydrogen) atoms. The lowest BCUT2D eigenvalue weighted by molar-refractivity contribution is -0.383. The van der Waals surface area contributed by atoms with Crippen molar-refractivity contribution in [2.75, 3.05) is 11.9 Å². The molecule has 0 radical (unpaired) electrons. The van der Waals surface area contributed by atoms with Crippen LogP contribution in [0.4, 0.5) is 11.4 Å². The Morgan fingerprint density at radius 2 is 2.05 bits per heavy atom. The van der Waals surface area contributed by atoms with Crippen LogP contribution >= 0.6 is 23.2 Å². The first-order valence-electron chi connectivity index (χ1n) is 6.34. The number of nitrogens with one attached hydrogen (secondary N) is 1. The molecule has 0 saturated heterocycles. The number of rotatable bonds is 4. The van der Waals surface area contributed by atoms with Gasteiger partial charge in [-0.05, 0) is 30.7 Å². The van der Waals surface area contributed by atoms with Crippen LogP contribution in [0.15, 0.2) is 12.1 Å². The molecule has 6 heteroatoms. The largest absolute Gasteiger partial charge is 0.379 e. The number of halogens is 2. The average molecular weight is 303 g/mol. The van der Waals surface area contributed by atoms with Crippen LogP contribution in [-0.2, 0) is 0 Å². The first-order chi connectivity index (χ1) is 8.97. The average Bonchev–Trinajstić information content (AvgIpc) is 2.76. The molecular weight excluding hydrogens is 287 g/mol. The number of hydrogen-bond donors (Lipinski definition) is 1. The van der Waals surface area contributed by atoms with Gasteiger partial charge in [-0.2, -0.15) is 0 Å². The first kappa shape index (κ1) is 14.4. The standard InChI is InChI=1S/C13H16Cl2N2O2/c1-8-2-3-9(4-8)7-16-12-5-10(14)11(15)6-13(12)17(18)19/h5-6,8-9,16H,2-4,7H2,1H3. The van der Waals surface area contributed by atoms with E-state index in [0.29, 0.717) is 16.6 Å². The lowest BCUT2D eigenvalue weighted by atomic mass is 10.1. The predicted octanol–water partition coefficient (Wildman–Crippen LogP) is 4.75. The second-order valence-corrected chi connectivity index (χ2v) is 6.02. The van der Waals surface area contributed by atoms with Gasteiger partial charge in [0.1, 0.15) is 5.69 Å². The van der Waals surface area contributed by atoms with Gasteiger partial charge in [-0.3, -0.25) is 10.1 Å². The predicted molar refractivity (Wildman–Crippen MR) is 78.1 cm³/mol. The van der Waals surface area contributed by atoms with E-state index in [4.69, 9.17) is 23.2 Å². The third-order valence-corrected chi connectivity index (χ3v) is 4.34. The van der Waals surface area contributed by atoms with E-state index in [-0.39, 0.29) is 10.7 Å². The summed E-state index contributed by atoms with van der Waals surface area (Å²) in [5, 5.41) is 14.7. The van der Waals surface area contributed by atoms with Crippen LogP contribution in [0.25, 0.3) is 0 Å². The van der Waals surface area contributed by atoms with Crippen molar-refractivity contribution < 1.29 is 4.92 Å². The first-order valence-corrected chi connectivity index (χ1v) is 7.10. The minimum absolute atomic E-state index is 0.0274. The van der Waals surface area contributed by atoms with Crippen molar-refractivity contribution in [2.24, 2.45) is 11.8 Å². The van der Waals surface area contributed by atoms with Crippen LogP contribution in [0.1, 0.15) is 26.2 Å². The summed E-state index contributed by atoms with van der Waals surface area (Å²) in [5.74, 6) is 1.32. The monoisotopic (exact) mass is 302 g/mol. The van der Waals surface area contributed by atoms with E-state index in [2.05, 4.69) is 12.2 Å². The Kier molecular flexibility index (Phi) is 4.53. The summed E-state index contributed by atoms with van der Waals surface area (Å²) < 4.78 is 0. The molecule has 0 aromatic heterocycles. The van der Waals surface area contributed by atoms with Gasteiger partial charge < -0.3 is 5.32 Å². The summed E-state index contributed by atoms with van der Waals surface area (Å²) in [6.07, 6.45) is 3.57. The van der Waals surface area contributed by atoms with E-state index < -0.39 is 4.92 Å². The summed E-state index contributed by atoms with van der Waals surface area (Å²) in [6.45, 7) is 2.98. The molecule has 1 aliphatic carbocycles. The van der Waals surface area contributed by atoms with E-state index in [0.717, 1.165) is 12.5 Å². The molecule has 1 saturated carbocycles. The SMILES string of the molecule is CC1CCC(CNc2cc(Cl)c(Cl)cc2[N+](=O)[O-])C1. The number of nitrogens with zero attached hydrogens (tertiary/aromatic N) is 1. The number of nitro groups is 1. The second kappa shape index (κ2) is 5.97. The molecule has 1 aromatic carbocycles. The number of nitro benzene ring substituents is 1. The summed E-state index contributed by atoms with van der Waals surface area (Å²) in [4.78, 5) is 10.6. The zero-order valence-corrected chi connectivity index (χ0v) is 12.2. The molecule has 0 aliphatic heterocycles. The molecule has 0 spiro atoms. The zero-order valence-electron chi connectivity index (χ0n) is 10.7. The Morgan fingerprint density at radius 1 is 1.37 bits per heavy atom. The molecule has 2 atom stereocenters. The molecule has 2 rings (SSSR count). The second-order valence-electron chi connectivity index (χ2n) is 5.21. The molecule has 1 N–H and O–H groups in total. The summed E-state index contributed by atoms with van der Waals surface area (Å²) in [7, 11) is 0. The van der Waals surface area contributed by atoms with Crippen LogP contribution < -0.4 is 5.32 Å². The van der Waals surface area contributed by atoms with Gasteiger partial charge in [0.15, 0.2) is 0 Å². The van der Waals surface area contributed by atoms with Gasteiger partial charge in [-0.15, -0.1) is 0 Å². The van der Waals surface area contributed by atoms with Crippen molar-refractivity contribution in [1.29, 1.82) is 0 Å². The summed E-state index contributed by atoms with van der Waals surface area (Å²) in [6, 6.07) is 2.82. The number of benzene rings is 1. The normalized spacial score (nSPS) is 22.5. The lowest BCUT2D eigenvalue weighted by Gasteiger charge is -2.13. The van der Waals surface area contributed by atoms with E-state index in [1.54, 1.807) is 0 Å². The summed E-state index contributed by atoms with van der Waals surface area (Å²) in [5.41, 5.74) is 0.416. The fourth-order valence-electron chi connectivity index (χ4n) is 2.59. The van der Waals surface area contributed by atoms with Gasteiger partial charge >= 0.3 is 0 Å². The van der Waals surface area contributed by atoms with Gasteiger partial charge in [-0.25, -0.2) is 0 Å². The third-order valence-electron chi connectivity index (χ3n) is 3.62. The van der Waals surface area contributed by atoms with Crippen LogP contribution in [0.2, 0.25) is 10.0 Å². The number of hydrogen-bond acceptors (Lipinski definition) is 3. The minimum atomic E-state index is -0.443. The van der Waals surface area contributed by atoms with Crippen LogP contribution in [0.5, 0.6) is 0 Å². The fraction of sp³-hybridized carbons (Fsp3) is 0.538. The Balaban J connectivity index is 2.10. The Morgan fingerprint density at radius 3 is 2.63 bits per heavy atom. The van der Waals surface area contributed by atoms with Crippen molar-refractivity contribution in [1.82, 2.24) is 0 Å². The van der Waals surface area contributed by atoms with E-state index in [9.17, 15) is 10.1 Å². The molecule has 1 aliphatic rings. The third kappa shape index (κ3) is 3.51. The maximum Gasteiger partial charge on any atom is 0.293 e. The van der Waals surface area contributed by atoms with E-state index >= 15 is 0 Å². The van der Waals surface area contributed by atoms with Gasteiger partial charge in [0.05, 0.1) is 15.0 Å². The maximum atomic E-state index is 11.0. The number of anilines is 1. The molecule has 1 aromatic rings.